The number of hydrogen-bond donors (Lipinski definition) is 0. The summed E-state index contributed by atoms with van der Waals surface area (Å²) in [6, 6.07) is 0. The van der Waals surface area contributed by atoms with Crippen LogP contribution in [0.2, 0.25) is 0 Å². The fourth-order valence-electron chi connectivity index (χ4n) is 7.00. The molecule has 1 unspecified atom stereocenters. The number of ether oxygens (including phenoxy) is 3. The quantitative estimate of drug-likeness (QED) is 0.0346. The van der Waals surface area contributed by atoms with Gasteiger partial charge in [-0.15, -0.1) is 0 Å². The van der Waals surface area contributed by atoms with E-state index in [1.165, 1.54) is 103 Å². The largest absolute Gasteiger partial charge is 0.462 e. The van der Waals surface area contributed by atoms with Gasteiger partial charge >= 0.3 is 11.9 Å². The second-order valence-electron chi connectivity index (χ2n) is 17.0. The summed E-state index contributed by atoms with van der Waals surface area (Å²) >= 11 is 0. The van der Waals surface area contributed by atoms with Gasteiger partial charge in [-0.25, -0.2) is 0 Å². The fourth-order valence-corrected chi connectivity index (χ4v) is 7.00. The predicted octanol–water partition coefficient (Wildman–Crippen LogP) is 17.7. The zero-order valence-corrected chi connectivity index (χ0v) is 40.9. The van der Waals surface area contributed by atoms with Crippen LogP contribution in [0.25, 0.3) is 0 Å². The van der Waals surface area contributed by atoms with Crippen LogP contribution in [0.5, 0.6) is 0 Å². The Hall–Kier alpha value is -2.92. The molecule has 0 rings (SSSR count). The lowest BCUT2D eigenvalue weighted by Gasteiger charge is -2.18. The highest BCUT2D eigenvalue weighted by atomic mass is 16.6. The van der Waals surface area contributed by atoms with Crippen LogP contribution in [0.4, 0.5) is 0 Å². The maximum Gasteiger partial charge on any atom is 0.306 e. The van der Waals surface area contributed by atoms with Crippen molar-refractivity contribution in [1.29, 1.82) is 0 Å². The van der Waals surface area contributed by atoms with Crippen molar-refractivity contribution in [2.75, 3.05) is 19.8 Å². The Bertz CT molecular complexity index is 1160. The van der Waals surface area contributed by atoms with E-state index in [4.69, 9.17) is 14.2 Å². The third-order valence-corrected chi connectivity index (χ3v) is 10.9. The average Bonchev–Trinajstić information content (AvgIpc) is 3.27. The molecule has 0 saturated heterocycles. The minimum absolute atomic E-state index is 0.0649. The molecule has 0 aromatic rings. The van der Waals surface area contributed by atoms with Crippen molar-refractivity contribution in [3.05, 3.63) is 85.1 Å². The summed E-state index contributed by atoms with van der Waals surface area (Å²) in [5.74, 6) is -0.436. The SMILES string of the molecule is CC/C=C\C/C=C\C/C=C\CCCCCCCC(=O)OCC(COCCCCCCCCCC/C=C\C/C=C\CCCCC)OC(=O)CCCCCCC/C=C\C/C=C\CCC. The number of unbranched alkanes of at least 4 members (excludes halogenated alkanes) is 22. The van der Waals surface area contributed by atoms with Crippen molar-refractivity contribution < 1.29 is 23.8 Å². The molecule has 1 atom stereocenters. The number of rotatable bonds is 47. The second-order valence-corrected chi connectivity index (χ2v) is 17.0. The number of carbonyl (C=O) groups excluding carboxylic acids is 2. The molecule has 0 radical (unpaired) electrons. The summed E-state index contributed by atoms with van der Waals surface area (Å²) in [4.78, 5) is 25.4. The molecule has 0 aromatic heterocycles. The lowest BCUT2D eigenvalue weighted by atomic mass is 10.1. The molecule has 0 N–H and O–H groups in total. The molecule has 0 bridgehead atoms. The zero-order chi connectivity index (χ0) is 44.9. The normalized spacial score (nSPS) is 12.9. The van der Waals surface area contributed by atoms with Crippen LogP contribution in [0.1, 0.15) is 239 Å². The van der Waals surface area contributed by atoms with Gasteiger partial charge in [-0.1, -0.05) is 202 Å². The molecule has 5 heteroatoms. The molecule has 0 aliphatic carbocycles. The molecule has 0 spiro atoms. The Labute approximate surface area is 384 Å². The third-order valence-electron chi connectivity index (χ3n) is 10.9. The van der Waals surface area contributed by atoms with E-state index in [1.807, 2.05) is 0 Å². The van der Waals surface area contributed by atoms with E-state index in [9.17, 15) is 9.59 Å². The Morgan fingerprint density at radius 3 is 1.23 bits per heavy atom. The van der Waals surface area contributed by atoms with Crippen molar-refractivity contribution in [2.45, 2.75) is 245 Å². The van der Waals surface area contributed by atoms with Crippen LogP contribution in [0.3, 0.4) is 0 Å². The molecule has 5 nitrogen and oxygen atoms in total. The van der Waals surface area contributed by atoms with Crippen molar-refractivity contribution in [3.63, 3.8) is 0 Å². The summed E-state index contributed by atoms with van der Waals surface area (Å²) in [5, 5.41) is 0. The summed E-state index contributed by atoms with van der Waals surface area (Å²) in [5.41, 5.74) is 0. The van der Waals surface area contributed by atoms with Gasteiger partial charge in [0.1, 0.15) is 6.61 Å². The van der Waals surface area contributed by atoms with Gasteiger partial charge in [-0.3, -0.25) is 9.59 Å². The van der Waals surface area contributed by atoms with Crippen molar-refractivity contribution in [1.82, 2.24) is 0 Å². The maximum atomic E-state index is 12.8. The van der Waals surface area contributed by atoms with E-state index >= 15 is 0 Å². The first-order valence-electron chi connectivity index (χ1n) is 26.1. The molecular formula is C57H98O5. The minimum Gasteiger partial charge on any atom is -0.462 e. The Kier molecular flexibility index (Phi) is 50.0. The minimum atomic E-state index is -0.557. The Morgan fingerprint density at radius 1 is 0.371 bits per heavy atom. The highest BCUT2D eigenvalue weighted by molar-refractivity contribution is 5.70. The first kappa shape index (κ1) is 59.1. The molecule has 0 aliphatic rings. The van der Waals surface area contributed by atoms with Gasteiger partial charge in [0.25, 0.3) is 0 Å². The number of carbonyl (C=O) groups is 2. The lowest BCUT2D eigenvalue weighted by molar-refractivity contribution is -0.163. The van der Waals surface area contributed by atoms with E-state index in [0.717, 1.165) is 103 Å². The Balaban J connectivity index is 4.31. The van der Waals surface area contributed by atoms with Gasteiger partial charge in [0, 0.05) is 19.4 Å². The summed E-state index contributed by atoms with van der Waals surface area (Å²) < 4.78 is 17.4. The monoisotopic (exact) mass is 863 g/mol. The molecule has 0 heterocycles. The number of allylic oxidation sites excluding steroid dienone is 14. The molecule has 356 valence electrons. The third kappa shape index (κ3) is 49.7. The van der Waals surface area contributed by atoms with E-state index in [2.05, 4.69) is 106 Å². The molecule has 0 aliphatic heterocycles. The van der Waals surface area contributed by atoms with Crippen LogP contribution in [0.15, 0.2) is 85.1 Å². The molecular weight excluding hydrogens is 765 g/mol. The van der Waals surface area contributed by atoms with Gasteiger partial charge in [0.2, 0.25) is 0 Å². The van der Waals surface area contributed by atoms with Gasteiger partial charge < -0.3 is 14.2 Å². The van der Waals surface area contributed by atoms with Crippen molar-refractivity contribution >= 4 is 11.9 Å². The average molecular weight is 863 g/mol. The van der Waals surface area contributed by atoms with Crippen LogP contribution in [-0.2, 0) is 23.8 Å². The topological polar surface area (TPSA) is 61.8 Å². The number of hydrogen-bond acceptors (Lipinski definition) is 5. The van der Waals surface area contributed by atoms with Gasteiger partial charge in [-0.2, -0.15) is 0 Å². The standard InChI is InChI=1S/C57H98O5/c1-4-7-10-13-16-19-22-25-27-28-29-31-34-37-40-43-46-49-52-60-53-55(62-57(59)51-48-45-42-39-36-32-24-21-18-15-12-9-6-3)54-61-56(58)50-47-44-41-38-35-33-30-26-23-20-17-14-11-8-5-2/h8,11-12,15-17,19-21,24-27,30,55H,4-7,9-10,13-14,18,22-23,28-29,31-54H2,1-3H3/b11-8-,15-12-,19-16-,20-17-,24-21-,27-25-,30-26-. The number of esters is 2. The van der Waals surface area contributed by atoms with E-state index in [0.29, 0.717) is 19.4 Å². The summed E-state index contributed by atoms with van der Waals surface area (Å²) in [6.07, 6.45) is 68.7. The molecule has 0 saturated carbocycles. The fraction of sp³-hybridized carbons (Fsp3) is 0.719. The molecule has 62 heavy (non-hydrogen) atoms. The van der Waals surface area contributed by atoms with Gasteiger partial charge in [-0.05, 0) is 109 Å². The summed E-state index contributed by atoms with van der Waals surface area (Å²) in [7, 11) is 0. The maximum absolute atomic E-state index is 12.8. The van der Waals surface area contributed by atoms with Gasteiger partial charge in [0.05, 0.1) is 6.61 Å². The van der Waals surface area contributed by atoms with E-state index < -0.39 is 6.10 Å². The molecule has 0 fully saturated rings. The van der Waals surface area contributed by atoms with Crippen molar-refractivity contribution in [3.8, 4) is 0 Å². The first-order chi connectivity index (χ1) is 30.6. The van der Waals surface area contributed by atoms with E-state index in [1.54, 1.807) is 0 Å². The Morgan fingerprint density at radius 2 is 0.758 bits per heavy atom. The van der Waals surface area contributed by atoms with Crippen LogP contribution in [0, 0.1) is 0 Å². The van der Waals surface area contributed by atoms with E-state index in [-0.39, 0.29) is 25.2 Å². The van der Waals surface area contributed by atoms with Crippen LogP contribution >= 0.6 is 0 Å². The highest BCUT2D eigenvalue weighted by Crippen LogP contribution is 2.13. The molecule has 0 aromatic carbocycles. The van der Waals surface area contributed by atoms with Crippen molar-refractivity contribution in [2.24, 2.45) is 0 Å². The van der Waals surface area contributed by atoms with Crippen LogP contribution in [-0.4, -0.2) is 37.9 Å². The first-order valence-corrected chi connectivity index (χ1v) is 26.1. The lowest BCUT2D eigenvalue weighted by Crippen LogP contribution is -2.30. The summed E-state index contributed by atoms with van der Waals surface area (Å²) in [6.45, 7) is 7.59. The molecule has 0 amide bonds. The van der Waals surface area contributed by atoms with Crippen LogP contribution < -0.4 is 0 Å². The smallest absolute Gasteiger partial charge is 0.306 e. The second kappa shape index (κ2) is 52.4. The zero-order valence-electron chi connectivity index (χ0n) is 40.9. The highest BCUT2D eigenvalue weighted by Gasteiger charge is 2.17. The predicted molar refractivity (Wildman–Crippen MR) is 270 cm³/mol. The van der Waals surface area contributed by atoms with Gasteiger partial charge in [0.15, 0.2) is 6.10 Å².